The van der Waals surface area contributed by atoms with E-state index < -0.39 is 25.7 Å². The van der Waals surface area contributed by atoms with E-state index >= 15 is 0 Å². The minimum Gasteiger partial charge on any atom is -0.769 e. The van der Waals surface area contributed by atoms with Crippen molar-refractivity contribution in [3.05, 3.63) is 11.5 Å². The lowest BCUT2D eigenvalue weighted by Crippen LogP contribution is -1.84. The van der Waals surface area contributed by atoms with Gasteiger partial charge in [0.2, 0.25) is 0 Å². The summed E-state index contributed by atoms with van der Waals surface area (Å²) in [6.07, 6.45) is 0.814. The zero-order chi connectivity index (χ0) is 8.91. The van der Waals surface area contributed by atoms with Crippen molar-refractivity contribution < 1.29 is 26.2 Å². The lowest BCUT2D eigenvalue weighted by atomic mass is 10.7. The van der Waals surface area contributed by atoms with E-state index in [4.69, 9.17) is 0 Å². The molecule has 0 aromatic heterocycles. The van der Waals surface area contributed by atoms with E-state index in [-0.39, 0.29) is 0 Å². The normalized spacial score (nSPS) is 15.5. The smallest absolute Gasteiger partial charge is 0.552 e. The Morgan fingerprint density at radius 1 is 1.64 bits per heavy atom. The molecule has 0 heterocycles. The van der Waals surface area contributed by atoms with E-state index in [0.717, 1.165) is 6.08 Å². The van der Waals surface area contributed by atoms with Crippen LogP contribution in [0, 0.1) is 0 Å². The fourth-order valence-corrected chi connectivity index (χ4v) is 0.743. The van der Waals surface area contributed by atoms with Crippen molar-refractivity contribution in [3.63, 3.8) is 0 Å². The molecule has 0 bridgehead atoms. The van der Waals surface area contributed by atoms with Gasteiger partial charge in [-0.3, -0.25) is 8.73 Å². The van der Waals surface area contributed by atoms with Gasteiger partial charge in [0.05, 0.1) is 6.61 Å². The number of rotatable bonds is 4. The third kappa shape index (κ3) is 9.90. The Balaban J connectivity index is 3.59. The largest absolute Gasteiger partial charge is 0.769 e. The van der Waals surface area contributed by atoms with Crippen LogP contribution in [0.1, 0.15) is 0 Å². The van der Waals surface area contributed by atoms with Crippen LogP contribution in [0.15, 0.2) is 11.5 Å². The highest BCUT2D eigenvalue weighted by Crippen LogP contribution is 2.49. The summed E-state index contributed by atoms with van der Waals surface area (Å²) in [5.41, 5.74) is 0. The molecule has 0 spiro atoms. The fourth-order valence-electron chi connectivity index (χ4n) is 0.248. The maximum absolute atomic E-state index is 11.4. The Hall–Kier alpha value is -0.100. The number of hydrogen-bond donors (Lipinski definition) is 0. The molecule has 0 aliphatic heterocycles. The molecule has 0 amide bonds. The topological polar surface area (TPSA) is 66.4 Å². The molecule has 0 rings (SSSR count). The van der Waals surface area contributed by atoms with Crippen molar-refractivity contribution in [1.82, 2.24) is 0 Å². The fraction of sp³-hybridized carbons (Fsp3) is 0.333. The van der Waals surface area contributed by atoms with Crippen LogP contribution < -0.4 is 0 Å². The van der Waals surface area contributed by atoms with E-state index in [2.05, 4.69) is 4.52 Å². The molecular formula is C3H4F2O4PS-. The molecule has 11 heavy (non-hydrogen) atoms. The molecule has 0 radical (unpaired) electrons. The third-order valence-corrected chi connectivity index (χ3v) is 1.39. The van der Waals surface area contributed by atoms with Gasteiger partial charge in [-0.1, -0.05) is 6.08 Å². The summed E-state index contributed by atoms with van der Waals surface area (Å²) >= 11 is -2.44. The van der Waals surface area contributed by atoms with Crippen LogP contribution in [0.3, 0.4) is 0 Å². The first kappa shape index (κ1) is 10.9. The molecule has 0 aliphatic rings. The lowest BCUT2D eigenvalue weighted by Gasteiger charge is -1.97. The molecule has 0 N–H and O–H groups in total. The van der Waals surface area contributed by atoms with Gasteiger partial charge in [-0.15, -0.1) is 8.39 Å². The second kappa shape index (κ2) is 4.71. The Bertz CT molecular complexity index is 211. The zero-order valence-corrected chi connectivity index (χ0v) is 6.82. The van der Waals surface area contributed by atoms with Crippen LogP contribution >= 0.6 is 7.99 Å². The maximum atomic E-state index is 11.4. The molecule has 1 unspecified atom stereocenters. The first-order valence-corrected chi connectivity index (χ1v) is 4.85. The summed E-state index contributed by atoms with van der Waals surface area (Å²) in [5.74, 6) is 0. The van der Waals surface area contributed by atoms with Gasteiger partial charge < -0.3 is 4.55 Å². The van der Waals surface area contributed by atoms with Gasteiger partial charge in [-0.05, 0) is 16.5 Å². The molecule has 0 aliphatic carbocycles. The highest BCUT2D eigenvalue weighted by Gasteiger charge is 2.18. The molecule has 0 aromatic carbocycles. The summed E-state index contributed by atoms with van der Waals surface area (Å²) in [5, 5.41) is 0.621. The van der Waals surface area contributed by atoms with Crippen molar-refractivity contribution in [2.45, 2.75) is 0 Å². The SMILES string of the molecule is O=S([O-])/C=C/COP(=O)(F)F. The maximum Gasteiger partial charge on any atom is 0.552 e. The van der Waals surface area contributed by atoms with Crippen molar-refractivity contribution in [2.75, 3.05) is 6.61 Å². The molecule has 0 aromatic rings. The summed E-state index contributed by atoms with van der Waals surface area (Å²) in [6.45, 7) is -0.682. The Morgan fingerprint density at radius 2 is 2.18 bits per heavy atom. The van der Waals surface area contributed by atoms with Crippen molar-refractivity contribution in [2.24, 2.45) is 0 Å². The summed E-state index contributed by atoms with van der Waals surface area (Å²) in [6, 6.07) is 0. The van der Waals surface area contributed by atoms with Gasteiger partial charge in [-0.25, -0.2) is 4.57 Å². The molecule has 0 fully saturated rings. The second-order valence-electron chi connectivity index (χ2n) is 1.34. The Labute approximate surface area is 64.2 Å². The molecule has 8 heteroatoms. The highest BCUT2D eigenvalue weighted by atomic mass is 32.2. The predicted octanol–water partition coefficient (Wildman–Crippen LogP) is 1.44. The molecule has 0 saturated heterocycles. The summed E-state index contributed by atoms with van der Waals surface area (Å²) in [4.78, 5) is 0. The molecule has 66 valence electrons. The van der Waals surface area contributed by atoms with Gasteiger partial charge >= 0.3 is 7.99 Å². The van der Waals surface area contributed by atoms with Crippen LogP contribution in [0.4, 0.5) is 8.39 Å². The van der Waals surface area contributed by atoms with E-state index in [1.165, 1.54) is 0 Å². The number of halogens is 2. The van der Waals surface area contributed by atoms with Gasteiger partial charge in [0.1, 0.15) is 0 Å². The Morgan fingerprint density at radius 3 is 2.55 bits per heavy atom. The summed E-state index contributed by atoms with van der Waals surface area (Å²) in [7, 11) is -5.48. The summed E-state index contributed by atoms with van der Waals surface area (Å²) < 4.78 is 55.2. The zero-order valence-electron chi connectivity index (χ0n) is 5.11. The van der Waals surface area contributed by atoms with Crippen molar-refractivity contribution >= 4 is 19.1 Å². The quantitative estimate of drug-likeness (QED) is 0.514. The molecule has 4 nitrogen and oxygen atoms in total. The second-order valence-corrected chi connectivity index (χ2v) is 3.22. The third-order valence-electron chi connectivity index (χ3n) is 0.528. The van der Waals surface area contributed by atoms with Crippen LogP contribution in [0.5, 0.6) is 0 Å². The van der Waals surface area contributed by atoms with E-state index in [9.17, 15) is 21.7 Å². The van der Waals surface area contributed by atoms with E-state index in [1.807, 2.05) is 0 Å². The van der Waals surface area contributed by atoms with Crippen LogP contribution in [0.2, 0.25) is 0 Å². The van der Waals surface area contributed by atoms with Gasteiger partial charge in [-0.2, -0.15) is 0 Å². The minimum atomic E-state index is -5.48. The van der Waals surface area contributed by atoms with Gasteiger partial charge in [0.25, 0.3) is 0 Å². The van der Waals surface area contributed by atoms with E-state index in [1.54, 1.807) is 0 Å². The van der Waals surface area contributed by atoms with E-state index in [0.29, 0.717) is 5.41 Å². The first-order chi connectivity index (χ1) is 4.92. The predicted molar refractivity (Wildman–Crippen MR) is 33.8 cm³/mol. The van der Waals surface area contributed by atoms with Crippen LogP contribution in [-0.4, -0.2) is 15.4 Å². The average Bonchev–Trinajstić information content (AvgIpc) is 1.78. The average molecular weight is 205 g/mol. The monoisotopic (exact) mass is 205 g/mol. The van der Waals surface area contributed by atoms with Crippen molar-refractivity contribution in [3.8, 4) is 0 Å². The van der Waals surface area contributed by atoms with Crippen LogP contribution in [0.25, 0.3) is 0 Å². The molecular weight excluding hydrogens is 201 g/mol. The Kier molecular flexibility index (Phi) is 4.67. The number of hydrogen-bond acceptors (Lipinski definition) is 4. The molecule has 0 saturated carbocycles. The first-order valence-electron chi connectivity index (χ1n) is 2.30. The van der Waals surface area contributed by atoms with Gasteiger partial charge in [0, 0.05) is 0 Å². The van der Waals surface area contributed by atoms with Gasteiger partial charge in [0.15, 0.2) is 0 Å². The molecule has 1 atom stereocenters. The standard InChI is InChI=1S/C3H5F2O4PS/c4-10(5,6)9-2-1-3-11(7)8/h1,3H,2H2,(H,7,8)/p-1/b3-1+. The lowest BCUT2D eigenvalue weighted by molar-refractivity contribution is 0.284. The van der Waals surface area contributed by atoms with Crippen LogP contribution in [-0.2, 0) is 20.2 Å². The highest BCUT2D eigenvalue weighted by molar-refractivity contribution is 7.82. The van der Waals surface area contributed by atoms with Crippen molar-refractivity contribution in [1.29, 1.82) is 0 Å². The minimum absolute atomic E-state index is 0.621.